The third-order valence-electron chi connectivity index (χ3n) is 3.58. The van der Waals surface area contributed by atoms with Gasteiger partial charge in [-0.1, -0.05) is 6.92 Å². The van der Waals surface area contributed by atoms with E-state index in [1.165, 1.54) is 5.56 Å². The van der Waals surface area contributed by atoms with Crippen LogP contribution in [0.25, 0.3) is 10.9 Å². The van der Waals surface area contributed by atoms with Gasteiger partial charge in [-0.05, 0) is 25.0 Å². The zero-order chi connectivity index (χ0) is 13.4. The second kappa shape index (κ2) is 4.61. The lowest BCUT2D eigenvalue weighted by atomic mass is 10.0. The van der Waals surface area contributed by atoms with Crippen molar-refractivity contribution in [3.8, 4) is 11.5 Å². The fourth-order valence-corrected chi connectivity index (χ4v) is 2.61. The Kier molecular flexibility index (Phi) is 2.93. The van der Waals surface area contributed by atoms with Crippen molar-refractivity contribution in [3.63, 3.8) is 0 Å². The number of fused-ring (bicyclic) bond motifs is 2. The predicted octanol–water partition coefficient (Wildman–Crippen LogP) is 2.92. The SMILES string of the molecule is CCc1nc2cc3c(cc2c(NC)c1C)OCCO3. The van der Waals surface area contributed by atoms with E-state index in [9.17, 15) is 0 Å². The van der Waals surface area contributed by atoms with E-state index in [1.54, 1.807) is 0 Å². The number of rotatable bonds is 2. The van der Waals surface area contributed by atoms with Crippen LogP contribution in [-0.4, -0.2) is 25.2 Å². The molecular weight excluding hydrogens is 240 g/mol. The van der Waals surface area contributed by atoms with Gasteiger partial charge in [0.15, 0.2) is 11.5 Å². The highest BCUT2D eigenvalue weighted by Crippen LogP contribution is 2.38. The zero-order valence-corrected chi connectivity index (χ0v) is 11.5. The van der Waals surface area contributed by atoms with Crippen LogP contribution in [-0.2, 0) is 6.42 Å². The van der Waals surface area contributed by atoms with Crippen LogP contribution in [0.4, 0.5) is 5.69 Å². The molecule has 2 heterocycles. The van der Waals surface area contributed by atoms with Crippen LogP contribution in [0.1, 0.15) is 18.2 Å². The van der Waals surface area contributed by atoms with Crippen molar-refractivity contribution in [1.82, 2.24) is 4.98 Å². The number of pyridine rings is 1. The molecule has 0 radical (unpaired) electrons. The Morgan fingerprint density at radius 2 is 1.89 bits per heavy atom. The highest BCUT2D eigenvalue weighted by atomic mass is 16.6. The molecule has 1 aliphatic heterocycles. The Labute approximate surface area is 112 Å². The van der Waals surface area contributed by atoms with Gasteiger partial charge in [0.25, 0.3) is 0 Å². The van der Waals surface area contributed by atoms with Crippen LogP contribution >= 0.6 is 0 Å². The van der Waals surface area contributed by atoms with Gasteiger partial charge in [0.1, 0.15) is 13.2 Å². The minimum absolute atomic E-state index is 0.601. The molecule has 19 heavy (non-hydrogen) atoms. The summed E-state index contributed by atoms with van der Waals surface area (Å²) in [6, 6.07) is 4.00. The van der Waals surface area contributed by atoms with Crippen molar-refractivity contribution in [2.75, 3.05) is 25.6 Å². The highest BCUT2D eigenvalue weighted by molar-refractivity contribution is 5.95. The van der Waals surface area contributed by atoms with E-state index in [0.717, 1.165) is 40.2 Å². The number of aryl methyl sites for hydroxylation is 1. The van der Waals surface area contributed by atoms with Crippen molar-refractivity contribution in [2.24, 2.45) is 0 Å². The number of nitrogens with one attached hydrogen (secondary N) is 1. The normalized spacial score (nSPS) is 13.6. The molecule has 0 aliphatic carbocycles. The molecule has 2 aromatic rings. The Bertz CT molecular complexity index is 638. The van der Waals surface area contributed by atoms with E-state index in [-0.39, 0.29) is 0 Å². The van der Waals surface area contributed by atoms with Gasteiger partial charge < -0.3 is 14.8 Å². The fourth-order valence-electron chi connectivity index (χ4n) is 2.61. The van der Waals surface area contributed by atoms with Crippen molar-refractivity contribution >= 4 is 16.6 Å². The largest absolute Gasteiger partial charge is 0.486 e. The number of hydrogen-bond donors (Lipinski definition) is 1. The van der Waals surface area contributed by atoms with E-state index < -0.39 is 0 Å². The first kappa shape index (κ1) is 12.1. The molecule has 1 aliphatic rings. The zero-order valence-electron chi connectivity index (χ0n) is 11.5. The topological polar surface area (TPSA) is 43.4 Å². The Morgan fingerprint density at radius 1 is 1.21 bits per heavy atom. The Morgan fingerprint density at radius 3 is 2.53 bits per heavy atom. The minimum atomic E-state index is 0.601. The first-order valence-electron chi connectivity index (χ1n) is 6.65. The maximum Gasteiger partial charge on any atom is 0.163 e. The first-order valence-corrected chi connectivity index (χ1v) is 6.65. The summed E-state index contributed by atoms with van der Waals surface area (Å²) in [5, 5.41) is 4.37. The summed E-state index contributed by atoms with van der Waals surface area (Å²) in [6.45, 7) is 5.43. The summed E-state index contributed by atoms with van der Waals surface area (Å²) < 4.78 is 11.3. The molecule has 0 spiro atoms. The van der Waals surface area contributed by atoms with Gasteiger partial charge >= 0.3 is 0 Å². The van der Waals surface area contributed by atoms with Crippen molar-refractivity contribution in [3.05, 3.63) is 23.4 Å². The molecule has 4 nitrogen and oxygen atoms in total. The summed E-state index contributed by atoms with van der Waals surface area (Å²) in [5.74, 6) is 1.60. The molecule has 0 saturated heterocycles. The Balaban J connectivity index is 2.31. The van der Waals surface area contributed by atoms with Gasteiger partial charge in [-0.3, -0.25) is 4.98 Å². The molecule has 1 aromatic carbocycles. The quantitative estimate of drug-likeness (QED) is 0.899. The standard InChI is InChI=1S/C15H18N2O2/c1-4-11-9(2)15(16-3)10-7-13-14(8-12(10)17-11)19-6-5-18-13/h7-8H,4-6H2,1-3H3,(H,16,17). The van der Waals surface area contributed by atoms with Crippen LogP contribution in [0.5, 0.6) is 11.5 Å². The van der Waals surface area contributed by atoms with Crippen molar-refractivity contribution in [2.45, 2.75) is 20.3 Å². The highest BCUT2D eigenvalue weighted by Gasteiger charge is 2.17. The second-order valence-electron chi connectivity index (χ2n) is 4.68. The van der Waals surface area contributed by atoms with E-state index in [2.05, 4.69) is 19.2 Å². The van der Waals surface area contributed by atoms with Crippen LogP contribution in [0, 0.1) is 6.92 Å². The summed E-state index contributed by atoms with van der Waals surface area (Å²) in [5.41, 5.74) is 4.40. The summed E-state index contributed by atoms with van der Waals surface area (Å²) in [7, 11) is 1.94. The number of nitrogens with zero attached hydrogens (tertiary/aromatic N) is 1. The van der Waals surface area contributed by atoms with Crippen LogP contribution in [0.15, 0.2) is 12.1 Å². The second-order valence-corrected chi connectivity index (χ2v) is 4.68. The van der Waals surface area contributed by atoms with E-state index in [0.29, 0.717) is 13.2 Å². The van der Waals surface area contributed by atoms with Crippen molar-refractivity contribution in [1.29, 1.82) is 0 Å². The van der Waals surface area contributed by atoms with Gasteiger partial charge in [-0.2, -0.15) is 0 Å². The van der Waals surface area contributed by atoms with Crippen LogP contribution in [0.2, 0.25) is 0 Å². The van der Waals surface area contributed by atoms with E-state index >= 15 is 0 Å². The number of benzene rings is 1. The van der Waals surface area contributed by atoms with Crippen LogP contribution in [0.3, 0.4) is 0 Å². The third kappa shape index (κ3) is 1.87. The fraction of sp³-hybridized carbons (Fsp3) is 0.400. The number of ether oxygens (including phenoxy) is 2. The number of anilines is 1. The molecule has 0 amide bonds. The average molecular weight is 258 g/mol. The smallest absolute Gasteiger partial charge is 0.163 e. The van der Waals surface area contributed by atoms with E-state index in [4.69, 9.17) is 14.5 Å². The molecule has 1 N–H and O–H groups in total. The molecule has 3 rings (SSSR count). The lowest BCUT2D eigenvalue weighted by Gasteiger charge is -2.20. The van der Waals surface area contributed by atoms with Gasteiger partial charge in [0.2, 0.25) is 0 Å². The van der Waals surface area contributed by atoms with Gasteiger partial charge in [0, 0.05) is 29.9 Å². The summed E-state index contributed by atoms with van der Waals surface area (Å²) in [6.07, 6.45) is 0.922. The number of aromatic nitrogens is 1. The molecule has 1 aromatic heterocycles. The van der Waals surface area contributed by atoms with Gasteiger partial charge in [-0.25, -0.2) is 0 Å². The molecule has 0 bridgehead atoms. The maximum atomic E-state index is 5.65. The monoisotopic (exact) mass is 258 g/mol. The van der Waals surface area contributed by atoms with Gasteiger partial charge in [0.05, 0.1) is 5.52 Å². The molecule has 0 unspecified atom stereocenters. The lowest BCUT2D eigenvalue weighted by molar-refractivity contribution is 0.172. The summed E-state index contributed by atoms with van der Waals surface area (Å²) >= 11 is 0. The lowest BCUT2D eigenvalue weighted by Crippen LogP contribution is -2.15. The average Bonchev–Trinajstić information content (AvgIpc) is 2.45. The van der Waals surface area contributed by atoms with Gasteiger partial charge in [-0.15, -0.1) is 0 Å². The predicted molar refractivity (Wildman–Crippen MR) is 76.4 cm³/mol. The van der Waals surface area contributed by atoms with E-state index in [1.807, 2.05) is 19.2 Å². The molecule has 0 fully saturated rings. The molecule has 0 saturated carbocycles. The Hall–Kier alpha value is -1.97. The van der Waals surface area contributed by atoms with Crippen molar-refractivity contribution < 1.29 is 9.47 Å². The first-order chi connectivity index (χ1) is 9.24. The minimum Gasteiger partial charge on any atom is -0.486 e. The molecule has 4 heteroatoms. The van der Waals surface area contributed by atoms with Crippen LogP contribution < -0.4 is 14.8 Å². The number of hydrogen-bond acceptors (Lipinski definition) is 4. The summed E-state index contributed by atoms with van der Waals surface area (Å²) in [4.78, 5) is 4.73. The molecular formula is C15H18N2O2. The molecule has 0 atom stereocenters. The third-order valence-corrected chi connectivity index (χ3v) is 3.58. The molecule has 100 valence electrons. The maximum absolute atomic E-state index is 5.65.